The minimum Gasteiger partial charge on any atom is -0.481 e. The van der Waals surface area contributed by atoms with Crippen LogP contribution in [0.4, 0.5) is 0 Å². The second-order valence-electron chi connectivity index (χ2n) is 5.28. The fraction of sp³-hybridized carbons (Fsp3) is 0.562. The molecule has 0 saturated carbocycles. The predicted octanol–water partition coefficient (Wildman–Crippen LogP) is 2.00. The van der Waals surface area contributed by atoms with E-state index in [0.717, 1.165) is 23.2 Å². The fourth-order valence-electron chi connectivity index (χ4n) is 2.11. The van der Waals surface area contributed by atoms with Crippen LogP contribution in [0.5, 0.6) is 0 Å². The molecule has 0 aliphatic carbocycles. The molecule has 1 unspecified atom stereocenters. The van der Waals surface area contributed by atoms with Crippen molar-refractivity contribution in [1.82, 2.24) is 0 Å². The number of rotatable bonds is 8. The number of ether oxygens (including phenoxy) is 2. The molecule has 1 aliphatic heterocycles. The van der Waals surface area contributed by atoms with Gasteiger partial charge in [-0.2, -0.15) is 23.5 Å². The van der Waals surface area contributed by atoms with Gasteiger partial charge in [0.25, 0.3) is 0 Å². The Balaban J connectivity index is 2.57. The van der Waals surface area contributed by atoms with Crippen LogP contribution >= 0.6 is 23.5 Å². The molecule has 1 aliphatic rings. The monoisotopic (exact) mass is 374 g/mol. The molecule has 24 heavy (non-hydrogen) atoms. The summed E-state index contributed by atoms with van der Waals surface area (Å²) in [5, 5.41) is 9.09. The Kier molecular flexibility index (Phi) is 9.63. The number of carboxylic acids is 1. The summed E-state index contributed by atoms with van der Waals surface area (Å²) in [7, 11) is 0. The van der Waals surface area contributed by atoms with Crippen LogP contribution in [0, 0.1) is 11.8 Å². The normalized spacial score (nSPS) is 17.2. The Morgan fingerprint density at radius 2 is 1.79 bits per heavy atom. The zero-order valence-corrected chi connectivity index (χ0v) is 15.0. The van der Waals surface area contributed by atoms with Gasteiger partial charge in [0.1, 0.15) is 13.2 Å². The lowest BCUT2D eigenvalue weighted by Gasteiger charge is -2.26. The van der Waals surface area contributed by atoms with Crippen LogP contribution in [0.15, 0.2) is 24.8 Å². The summed E-state index contributed by atoms with van der Waals surface area (Å²) < 4.78 is 9.82. The molecule has 0 radical (unpaired) electrons. The first-order chi connectivity index (χ1) is 11.4. The van der Waals surface area contributed by atoms with Crippen LogP contribution in [0.25, 0.3) is 0 Å². The molecule has 0 bridgehead atoms. The number of carbonyl (C=O) groups excluding carboxylic acids is 2. The molecular weight excluding hydrogens is 352 g/mol. The lowest BCUT2D eigenvalue weighted by Crippen LogP contribution is -2.32. The van der Waals surface area contributed by atoms with Crippen molar-refractivity contribution in [3.05, 3.63) is 24.8 Å². The van der Waals surface area contributed by atoms with Gasteiger partial charge in [-0.05, 0) is 17.4 Å². The Morgan fingerprint density at radius 1 is 1.21 bits per heavy atom. The summed E-state index contributed by atoms with van der Waals surface area (Å²) in [6, 6.07) is 0. The van der Waals surface area contributed by atoms with Gasteiger partial charge >= 0.3 is 17.9 Å². The molecule has 1 fully saturated rings. The van der Waals surface area contributed by atoms with E-state index >= 15 is 0 Å². The van der Waals surface area contributed by atoms with E-state index in [1.165, 1.54) is 0 Å². The Hall–Kier alpha value is -1.41. The zero-order chi connectivity index (χ0) is 17.9. The van der Waals surface area contributed by atoms with Crippen LogP contribution in [0.3, 0.4) is 0 Å². The molecule has 1 N–H and O–H groups in total. The van der Waals surface area contributed by atoms with E-state index in [9.17, 15) is 14.4 Å². The summed E-state index contributed by atoms with van der Waals surface area (Å²) in [6.07, 6.45) is 0.754. The van der Waals surface area contributed by atoms with Gasteiger partial charge in [0, 0.05) is 17.6 Å². The molecule has 0 aromatic heterocycles. The van der Waals surface area contributed by atoms with E-state index in [-0.39, 0.29) is 25.6 Å². The molecule has 0 amide bonds. The average Bonchev–Trinajstić information content (AvgIpc) is 2.52. The van der Waals surface area contributed by atoms with E-state index < -0.39 is 23.8 Å². The molecule has 134 valence electrons. The third kappa shape index (κ3) is 7.92. The largest absolute Gasteiger partial charge is 0.481 e. The van der Waals surface area contributed by atoms with Crippen LogP contribution < -0.4 is 0 Å². The van der Waals surface area contributed by atoms with Gasteiger partial charge in [-0.15, -0.1) is 0 Å². The van der Waals surface area contributed by atoms with Crippen LogP contribution in [-0.2, 0) is 23.9 Å². The number of hydrogen-bond acceptors (Lipinski definition) is 7. The van der Waals surface area contributed by atoms with Crippen molar-refractivity contribution < 1.29 is 29.0 Å². The first kappa shape index (κ1) is 20.6. The number of esters is 2. The quantitative estimate of drug-likeness (QED) is 0.299. The second kappa shape index (κ2) is 11.2. The third-order valence-electron chi connectivity index (χ3n) is 3.28. The summed E-state index contributed by atoms with van der Waals surface area (Å²) in [6.45, 7) is 7.05. The van der Waals surface area contributed by atoms with Crippen molar-refractivity contribution in [2.45, 2.75) is 6.42 Å². The van der Waals surface area contributed by atoms with Gasteiger partial charge < -0.3 is 14.6 Å². The first-order valence-electron chi connectivity index (χ1n) is 7.43. The molecule has 8 heteroatoms. The van der Waals surface area contributed by atoms with Gasteiger partial charge in [0.05, 0.1) is 12.3 Å². The molecule has 1 saturated heterocycles. The molecule has 1 rings (SSSR count). The molecule has 0 aromatic rings. The van der Waals surface area contributed by atoms with Gasteiger partial charge in [-0.1, -0.05) is 18.7 Å². The Labute approximate surface area is 150 Å². The highest BCUT2D eigenvalue weighted by Crippen LogP contribution is 2.30. The highest BCUT2D eigenvalue weighted by atomic mass is 32.2. The number of carboxylic acid groups (broad SMARTS) is 1. The van der Waals surface area contributed by atoms with Gasteiger partial charge in [-0.3, -0.25) is 9.59 Å². The van der Waals surface area contributed by atoms with Gasteiger partial charge in [-0.25, -0.2) is 4.79 Å². The molecule has 1 heterocycles. The lowest BCUT2D eigenvalue weighted by molar-refractivity contribution is -0.157. The van der Waals surface area contributed by atoms with Crippen molar-refractivity contribution >= 4 is 41.4 Å². The van der Waals surface area contributed by atoms with Gasteiger partial charge in [0.2, 0.25) is 0 Å². The van der Waals surface area contributed by atoms with E-state index in [1.54, 1.807) is 23.5 Å². The number of carbonyl (C=O) groups is 3. The molecule has 1 atom stereocenters. The maximum Gasteiger partial charge on any atom is 0.330 e. The maximum absolute atomic E-state index is 12.3. The Morgan fingerprint density at radius 3 is 2.33 bits per heavy atom. The first-order valence-corrected chi connectivity index (χ1v) is 9.74. The molecular formula is C16H22O6S2. The highest BCUT2D eigenvalue weighted by molar-refractivity contribution is 8.01. The molecule has 0 spiro atoms. The summed E-state index contributed by atoms with van der Waals surface area (Å²) >= 11 is 3.32. The van der Waals surface area contributed by atoms with Crippen LogP contribution in [-0.4, -0.2) is 59.2 Å². The number of aliphatic carboxylic acids is 1. The SMILES string of the molecule is C=CC(=O)OCCOC(=O)C(CC(=O)O)C1CSCC(=C)CSC1. The topological polar surface area (TPSA) is 89.9 Å². The fourth-order valence-corrected chi connectivity index (χ4v) is 4.71. The standard InChI is InChI=1S/C16H22O6S2/c1-3-15(19)21-4-5-22-16(20)13(6-14(17)18)12-9-23-7-11(2)8-24-10-12/h3,12-13H,1-2,4-10H2,(H,17,18). The van der Waals surface area contributed by atoms with Crippen LogP contribution in [0.2, 0.25) is 0 Å². The average molecular weight is 374 g/mol. The van der Waals surface area contributed by atoms with E-state index in [4.69, 9.17) is 14.6 Å². The highest BCUT2D eigenvalue weighted by Gasteiger charge is 2.32. The maximum atomic E-state index is 12.3. The van der Waals surface area contributed by atoms with Crippen LogP contribution in [0.1, 0.15) is 6.42 Å². The van der Waals surface area contributed by atoms with Crippen molar-refractivity contribution in [3.8, 4) is 0 Å². The predicted molar refractivity (Wildman–Crippen MR) is 95.1 cm³/mol. The van der Waals surface area contributed by atoms with Gasteiger partial charge in [0.15, 0.2) is 0 Å². The minimum atomic E-state index is -1.03. The van der Waals surface area contributed by atoms with Crippen molar-refractivity contribution in [2.75, 3.05) is 36.2 Å². The van der Waals surface area contributed by atoms with E-state index in [0.29, 0.717) is 11.5 Å². The molecule has 6 nitrogen and oxygen atoms in total. The smallest absolute Gasteiger partial charge is 0.330 e. The van der Waals surface area contributed by atoms with E-state index in [2.05, 4.69) is 13.2 Å². The lowest BCUT2D eigenvalue weighted by atomic mass is 9.92. The van der Waals surface area contributed by atoms with E-state index in [1.807, 2.05) is 0 Å². The van der Waals surface area contributed by atoms with Crippen molar-refractivity contribution in [1.29, 1.82) is 0 Å². The van der Waals surface area contributed by atoms with Crippen molar-refractivity contribution in [3.63, 3.8) is 0 Å². The third-order valence-corrected chi connectivity index (χ3v) is 5.83. The number of thioether (sulfide) groups is 2. The Bertz CT molecular complexity index is 479. The zero-order valence-electron chi connectivity index (χ0n) is 13.4. The minimum absolute atomic E-state index is 0.0765. The van der Waals surface area contributed by atoms with Crippen molar-refractivity contribution in [2.24, 2.45) is 11.8 Å². The number of hydrogen-bond donors (Lipinski definition) is 1. The second-order valence-corrected chi connectivity index (χ2v) is 7.34. The molecule has 0 aromatic carbocycles. The summed E-state index contributed by atoms with van der Waals surface area (Å²) in [5.41, 5.74) is 1.14. The summed E-state index contributed by atoms with van der Waals surface area (Å²) in [5.74, 6) is 0.0347. The summed E-state index contributed by atoms with van der Waals surface area (Å²) in [4.78, 5) is 34.3.